The molecular formula is C11H11BrClN3O3S. The molecule has 1 fully saturated rings. The molecule has 0 amide bonds. The Morgan fingerprint density at radius 1 is 1.55 bits per heavy atom. The molecule has 2 rings (SSSR count). The normalized spacial score (nSPS) is 20.6. The maximum atomic E-state index is 12.6. The van der Waals surface area contributed by atoms with Gasteiger partial charge in [-0.15, -0.1) is 0 Å². The van der Waals surface area contributed by atoms with E-state index in [1.807, 2.05) is 6.07 Å². The Hall–Kier alpha value is -0.850. The van der Waals surface area contributed by atoms with E-state index in [9.17, 15) is 8.42 Å². The lowest BCUT2D eigenvalue weighted by atomic mass is 10.3. The van der Waals surface area contributed by atoms with Gasteiger partial charge in [0.25, 0.3) is 0 Å². The number of nitrogens with two attached hydrogens (primary N) is 1. The topological polar surface area (TPSA) is 96.4 Å². The van der Waals surface area contributed by atoms with Crippen LogP contribution in [0.4, 0.5) is 5.69 Å². The minimum absolute atomic E-state index is 0.0129. The Balaban J connectivity index is 2.43. The van der Waals surface area contributed by atoms with E-state index in [0.29, 0.717) is 0 Å². The average molecular weight is 381 g/mol. The molecule has 1 heterocycles. The van der Waals surface area contributed by atoms with Crippen LogP contribution in [-0.4, -0.2) is 38.5 Å². The van der Waals surface area contributed by atoms with Gasteiger partial charge in [0.1, 0.15) is 0 Å². The Bertz CT molecular complexity index is 674. The van der Waals surface area contributed by atoms with E-state index >= 15 is 0 Å². The van der Waals surface area contributed by atoms with Gasteiger partial charge in [-0.1, -0.05) is 11.6 Å². The fourth-order valence-corrected chi connectivity index (χ4v) is 4.51. The predicted molar refractivity (Wildman–Crippen MR) is 77.7 cm³/mol. The summed E-state index contributed by atoms with van der Waals surface area (Å²) in [5.74, 6) is 0. The zero-order valence-electron chi connectivity index (χ0n) is 10.2. The molecule has 0 radical (unpaired) electrons. The number of nitrogen functional groups attached to an aromatic ring is 1. The van der Waals surface area contributed by atoms with E-state index in [2.05, 4.69) is 15.9 Å². The van der Waals surface area contributed by atoms with Crippen molar-refractivity contribution < 1.29 is 13.2 Å². The Labute approximate surface area is 130 Å². The summed E-state index contributed by atoms with van der Waals surface area (Å²) in [7, 11) is -3.79. The molecule has 1 aliphatic rings. The molecule has 6 nitrogen and oxygen atoms in total. The lowest BCUT2D eigenvalue weighted by Crippen LogP contribution is -2.45. The summed E-state index contributed by atoms with van der Waals surface area (Å²) in [6, 6.07) is 4.69. The van der Waals surface area contributed by atoms with Gasteiger partial charge >= 0.3 is 0 Å². The molecule has 1 aromatic carbocycles. The van der Waals surface area contributed by atoms with Crippen molar-refractivity contribution in [2.24, 2.45) is 0 Å². The molecule has 1 saturated heterocycles. The molecule has 9 heteroatoms. The molecule has 20 heavy (non-hydrogen) atoms. The quantitative estimate of drug-likeness (QED) is 0.786. The second-order valence-corrected chi connectivity index (χ2v) is 7.29. The van der Waals surface area contributed by atoms with Crippen molar-refractivity contribution in [3.05, 3.63) is 21.6 Å². The maximum absolute atomic E-state index is 12.6. The lowest BCUT2D eigenvalue weighted by molar-refractivity contribution is 0.0311. The van der Waals surface area contributed by atoms with Crippen molar-refractivity contribution >= 4 is 43.2 Å². The number of nitriles is 1. The number of rotatable bonds is 2. The smallest absolute Gasteiger partial charge is 0.244 e. The van der Waals surface area contributed by atoms with Gasteiger partial charge in [-0.3, -0.25) is 0 Å². The van der Waals surface area contributed by atoms with E-state index in [4.69, 9.17) is 27.3 Å². The molecule has 1 aliphatic heterocycles. The van der Waals surface area contributed by atoms with E-state index in [1.165, 1.54) is 16.4 Å². The second kappa shape index (κ2) is 5.87. The monoisotopic (exact) mass is 379 g/mol. The molecule has 1 aromatic rings. The number of anilines is 1. The standard InChI is InChI=1S/C11H11BrClN3O3S/c12-11-9(15)3-7(13)4-10(11)20(17,18)16-1-2-19-8(5-14)6-16/h3-4,8H,1-2,6,15H2. The Morgan fingerprint density at radius 3 is 2.90 bits per heavy atom. The highest BCUT2D eigenvalue weighted by Crippen LogP contribution is 2.33. The van der Waals surface area contributed by atoms with Gasteiger partial charge in [0.2, 0.25) is 10.0 Å². The van der Waals surface area contributed by atoms with Crippen molar-refractivity contribution in [1.82, 2.24) is 4.31 Å². The molecule has 2 N–H and O–H groups in total. The summed E-state index contributed by atoms with van der Waals surface area (Å²) < 4.78 is 31.8. The van der Waals surface area contributed by atoms with Gasteiger partial charge in [-0.25, -0.2) is 8.42 Å². The zero-order chi connectivity index (χ0) is 14.9. The van der Waals surface area contributed by atoms with E-state index in [0.717, 1.165) is 0 Å². The summed E-state index contributed by atoms with van der Waals surface area (Å²) in [6.07, 6.45) is -0.770. The third-order valence-electron chi connectivity index (χ3n) is 2.82. The number of sulfonamides is 1. The van der Waals surface area contributed by atoms with Crippen LogP contribution in [0.5, 0.6) is 0 Å². The molecule has 1 unspecified atom stereocenters. The largest absolute Gasteiger partial charge is 0.398 e. The van der Waals surface area contributed by atoms with Crippen molar-refractivity contribution in [3.63, 3.8) is 0 Å². The molecule has 108 valence electrons. The summed E-state index contributed by atoms with van der Waals surface area (Å²) >= 11 is 9.03. The highest BCUT2D eigenvalue weighted by molar-refractivity contribution is 9.10. The van der Waals surface area contributed by atoms with Crippen LogP contribution in [0.1, 0.15) is 0 Å². The first kappa shape index (κ1) is 15.5. The number of nitrogens with zero attached hydrogens (tertiary/aromatic N) is 2. The SMILES string of the molecule is N#CC1CN(S(=O)(=O)c2cc(Cl)cc(N)c2Br)CCO1. The number of hydrogen-bond acceptors (Lipinski definition) is 5. The molecule has 0 bridgehead atoms. The van der Waals surface area contributed by atoms with Crippen molar-refractivity contribution in [3.8, 4) is 6.07 Å². The molecule has 0 saturated carbocycles. The molecule has 1 atom stereocenters. The summed E-state index contributed by atoms with van der Waals surface area (Å²) in [6.45, 7) is 0.336. The van der Waals surface area contributed by atoms with Crippen molar-refractivity contribution in [2.75, 3.05) is 25.4 Å². The van der Waals surface area contributed by atoms with Crippen molar-refractivity contribution in [2.45, 2.75) is 11.0 Å². The number of ether oxygens (including phenoxy) is 1. The van der Waals surface area contributed by atoms with Crippen LogP contribution in [0.15, 0.2) is 21.5 Å². The van der Waals surface area contributed by atoms with Gasteiger partial charge in [-0.05, 0) is 28.1 Å². The van der Waals surface area contributed by atoms with Crippen LogP contribution < -0.4 is 5.73 Å². The Kier molecular flexibility index (Phi) is 4.56. The molecule has 0 aromatic heterocycles. The highest BCUT2D eigenvalue weighted by Gasteiger charge is 2.32. The highest BCUT2D eigenvalue weighted by atomic mass is 79.9. The van der Waals surface area contributed by atoms with Crippen molar-refractivity contribution in [1.29, 1.82) is 5.26 Å². The van der Waals surface area contributed by atoms with Gasteiger partial charge in [0.05, 0.1) is 28.6 Å². The number of halogens is 2. The Morgan fingerprint density at radius 2 is 2.25 bits per heavy atom. The minimum Gasteiger partial charge on any atom is -0.398 e. The molecular weight excluding hydrogens is 370 g/mol. The van der Waals surface area contributed by atoms with Crippen LogP contribution >= 0.6 is 27.5 Å². The first-order valence-corrected chi connectivity index (χ1v) is 8.23. The van der Waals surface area contributed by atoms with E-state index in [-0.39, 0.29) is 39.8 Å². The number of hydrogen-bond donors (Lipinski definition) is 1. The van der Waals surface area contributed by atoms with Gasteiger partial charge in [-0.2, -0.15) is 9.57 Å². The maximum Gasteiger partial charge on any atom is 0.244 e. The van der Waals surface area contributed by atoms with Gasteiger partial charge < -0.3 is 10.5 Å². The molecule has 0 spiro atoms. The second-order valence-electron chi connectivity index (χ2n) is 4.16. The fourth-order valence-electron chi connectivity index (χ4n) is 1.83. The first-order chi connectivity index (χ1) is 9.36. The average Bonchev–Trinajstić information content (AvgIpc) is 2.42. The molecule has 0 aliphatic carbocycles. The first-order valence-electron chi connectivity index (χ1n) is 5.62. The van der Waals surface area contributed by atoms with Crippen LogP contribution in [0.2, 0.25) is 5.02 Å². The van der Waals surface area contributed by atoms with E-state index in [1.54, 1.807) is 0 Å². The summed E-state index contributed by atoms with van der Waals surface area (Å²) in [5, 5.41) is 9.07. The van der Waals surface area contributed by atoms with Crippen LogP contribution in [-0.2, 0) is 14.8 Å². The third kappa shape index (κ3) is 2.92. The summed E-state index contributed by atoms with van der Waals surface area (Å²) in [4.78, 5) is -0.0129. The lowest BCUT2D eigenvalue weighted by Gasteiger charge is -2.29. The van der Waals surface area contributed by atoms with Crippen LogP contribution in [0, 0.1) is 11.3 Å². The fraction of sp³-hybridized carbons (Fsp3) is 0.364. The van der Waals surface area contributed by atoms with Gasteiger partial charge in [0.15, 0.2) is 6.10 Å². The third-order valence-corrected chi connectivity index (χ3v) is 6.08. The number of benzene rings is 1. The minimum atomic E-state index is -3.79. The van der Waals surface area contributed by atoms with Crippen LogP contribution in [0.25, 0.3) is 0 Å². The summed E-state index contributed by atoms with van der Waals surface area (Å²) in [5.41, 5.74) is 5.95. The predicted octanol–water partition coefficient (Wildman–Crippen LogP) is 1.60. The zero-order valence-corrected chi connectivity index (χ0v) is 13.4. The van der Waals surface area contributed by atoms with Crippen LogP contribution in [0.3, 0.4) is 0 Å². The number of morpholine rings is 1. The van der Waals surface area contributed by atoms with E-state index < -0.39 is 16.1 Å². The van der Waals surface area contributed by atoms with Gasteiger partial charge in [0, 0.05) is 17.3 Å².